The molecule has 0 saturated carbocycles. The Morgan fingerprint density at radius 1 is 1.67 bits per heavy atom. The number of nitrogens with zero attached hydrogens (tertiary/aromatic N) is 1. The van der Waals surface area contributed by atoms with Crippen molar-refractivity contribution in [3.05, 3.63) is 7.05 Å². The summed E-state index contributed by atoms with van der Waals surface area (Å²) >= 11 is 0. The lowest BCUT2D eigenvalue weighted by atomic mass is 10.5. The van der Waals surface area contributed by atoms with E-state index in [1.807, 2.05) is 0 Å². The van der Waals surface area contributed by atoms with Crippen LogP contribution in [0.2, 0.25) is 0 Å². The molecular weight excluding hydrogens is 78.0 g/mol. The Hall–Kier alpha value is -0.0800. The van der Waals surface area contributed by atoms with Gasteiger partial charge in [-0.25, -0.2) is 0 Å². The molecule has 1 aliphatic rings. The maximum atomic E-state index is 4.88. The summed E-state index contributed by atoms with van der Waals surface area (Å²) in [6.07, 6.45) is 1.13. The molecule has 1 heterocycles. The Labute approximate surface area is 37.7 Å². The lowest BCUT2D eigenvalue weighted by molar-refractivity contribution is -0.0694. The van der Waals surface area contributed by atoms with Crippen molar-refractivity contribution >= 4 is 0 Å². The maximum absolute atomic E-state index is 4.88. The lowest BCUT2D eigenvalue weighted by Crippen LogP contribution is -2.05. The Balaban J connectivity index is 2.18. The molecule has 0 atom stereocenters. The smallest absolute Gasteiger partial charge is 0.0663 e. The molecule has 0 aromatic heterocycles. The largest absolute Gasteiger partial charge is 0.340 e. The van der Waals surface area contributed by atoms with Crippen molar-refractivity contribution in [2.45, 2.75) is 6.42 Å². The highest BCUT2D eigenvalue weighted by Crippen LogP contribution is 1.99. The van der Waals surface area contributed by atoms with Crippen molar-refractivity contribution in [1.82, 2.24) is 5.06 Å². The zero-order chi connectivity index (χ0) is 4.41. The summed E-state index contributed by atoms with van der Waals surface area (Å²) in [5.74, 6) is 0. The van der Waals surface area contributed by atoms with Gasteiger partial charge in [0.05, 0.1) is 6.61 Å². The van der Waals surface area contributed by atoms with Crippen molar-refractivity contribution in [2.24, 2.45) is 0 Å². The monoisotopic (exact) mass is 86.1 g/mol. The highest BCUT2D eigenvalue weighted by atomic mass is 16.7. The summed E-state index contributed by atoms with van der Waals surface area (Å²) in [6.45, 7) is 1.84. The molecular formula is C4H8NO-. The first-order chi connectivity index (χ1) is 2.89. The van der Waals surface area contributed by atoms with E-state index in [4.69, 9.17) is 4.84 Å². The first-order valence-corrected chi connectivity index (χ1v) is 2.10. The van der Waals surface area contributed by atoms with Gasteiger partial charge in [-0.05, 0) is 13.0 Å². The van der Waals surface area contributed by atoms with Crippen molar-refractivity contribution < 1.29 is 4.84 Å². The molecule has 2 nitrogen and oxygen atoms in total. The van der Waals surface area contributed by atoms with Crippen LogP contribution >= 0.6 is 0 Å². The summed E-state index contributed by atoms with van der Waals surface area (Å²) in [5.41, 5.74) is 0. The number of hydrogen-bond acceptors (Lipinski definition) is 2. The van der Waals surface area contributed by atoms with E-state index in [0.717, 1.165) is 19.6 Å². The maximum Gasteiger partial charge on any atom is 0.0663 e. The second kappa shape index (κ2) is 1.58. The lowest BCUT2D eigenvalue weighted by Gasteiger charge is -2.12. The van der Waals surface area contributed by atoms with E-state index < -0.39 is 0 Å². The SMILES string of the molecule is [CH2-]N1CCCO1. The van der Waals surface area contributed by atoms with E-state index in [9.17, 15) is 0 Å². The fraction of sp³-hybridized carbons (Fsp3) is 0.750. The highest BCUT2D eigenvalue weighted by Gasteiger charge is 1.98. The number of rotatable bonds is 0. The van der Waals surface area contributed by atoms with E-state index in [2.05, 4.69) is 7.05 Å². The molecule has 0 spiro atoms. The van der Waals surface area contributed by atoms with Crippen LogP contribution in [0.5, 0.6) is 0 Å². The molecule has 1 aliphatic heterocycles. The molecule has 0 bridgehead atoms. The van der Waals surface area contributed by atoms with Gasteiger partial charge in [-0.1, -0.05) is 0 Å². The van der Waals surface area contributed by atoms with E-state index in [1.54, 1.807) is 5.06 Å². The molecule has 1 saturated heterocycles. The van der Waals surface area contributed by atoms with Gasteiger partial charge in [0.15, 0.2) is 0 Å². The zero-order valence-corrected chi connectivity index (χ0v) is 3.68. The summed E-state index contributed by atoms with van der Waals surface area (Å²) in [4.78, 5) is 4.88. The summed E-state index contributed by atoms with van der Waals surface area (Å²) in [7, 11) is 3.55. The third-order valence-corrected chi connectivity index (χ3v) is 0.826. The van der Waals surface area contributed by atoms with E-state index in [-0.39, 0.29) is 0 Å². The van der Waals surface area contributed by atoms with Crippen molar-refractivity contribution in [1.29, 1.82) is 0 Å². The fourth-order valence-corrected chi connectivity index (χ4v) is 0.499. The van der Waals surface area contributed by atoms with Gasteiger partial charge in [0, 0.05) is 0 Å². The fourth-order valence-electron chi connectivity index (χ4n) is 0.499. The highest BCUT2D eigenvalue weighted by molar-refractivity contribution is 4.48. The van der Waals surface area contributed by atoms with E-state index in [0.29, 0.717) is 0 Å². The molecule has 0 aromatic rings. The van der Waals surface area contributed by atoms with Crippen molar-refractivity contribution in [2.75, 3.05) is 13.2 Å². The molecule has 6 heavy (non-hydrogen) atoms. The Morgan fingerprint density at radius 2 is 2.50 bits per heavy atom. The van der Waals surface area contributed by atoms with Crippen LogP contribution in [0.25, 0.3) is 0 Å². The Kier molecular flexibility index (Phi) is 1.08. The van der Waals surface area contributed by atoms with E-state index >= 15 is 0 Å². The molecule has 0 amide bonds. The number of hydrogen-bond donors (Lipinski definition) is 0. The van der Waals surface area contributed by atoms with Crippen LogP contribution in [0.1, 0.15) is 6.42 Å². The normalized spacial score (nSPS) is 25.5. The van der Waals surface area contributed by atoms with Gasteiger partial charge in [0.1, 0.15) is 0 Å². The van der Waals surface area contributed by atoms with Gasteiger partial charge in [0.25, 0.3) is 0 Å². The second-order valence-electron chi connectivity index (χ2n) is 1.39. The van der Waals surface area contributed by atoms with Gasteiger partial charge in [0.2, 0.25) is 0 Å². The predicted octanol–water partition coefficient (Wildman–Crippen LogP) is 0.415. The summed E-state index contributed by atoms with van der Waals surface area (Å²) in [5, 5.41) is 1.61. The van der Waals surface area contributed by atoms with Crippen LogP contribution in [0.15, 0.2) is 0 Å². The first-order valence-electron chi connectivity index (χ1n) is 2.10. The van der Waals surface area contributed by atoms with Gasteiger partial charge >= 0.3 is 0 Å². The van der Waals surface area contributed by atoms with E-state index in [1.165, 1.54) is 0 Å². The summed E-state index contributed by atoms with van der Waals surface area (Å²) < 4.78 is 0. The Bertz CT molecular complexity index is 40.8. The standard InChI is InChI=1S/C4H8NO/c1-5-3-2-4-6-5/h1-4H2/q-1. The van der Waals surface area contributed by atoms with Crippen LogP contribution in [0.4, 0.5) is 0 Å². The number of hydroxylamine groups is 2. The molecule has 0 N–H and O–H groups in total. The molecule has 0 radical (unpaired) electrons. The van der Waals surface area contributed by atoms with Gasteiger partial charge in [-0.3, -0.25) is 7.05 Å². The van der Waals surface area contributed by atoms with Crippen LogP contribution in [-0.2, 0) is 4.84 Å². The Morgan fingerprint density at radius 3 is 2.67 bits per heavy atom. The average Bonchev–Trinajstić information content (AvgIpc) is 1.86. The van der Waals surface area contributed by atoms with Gasteiger partial charge in [-0.15, -0.1) is 0 Å². The quantitative estimate of drug-likeness (QED) is 0.396. The molecule has 1 rings (SSSR count). The minimum Gasteiger partial charge on any atom is -0.340 e. The third kappa shape index (κ3) is 0.698. The first kappa shape index (κ1) is 4.09. The van der Waals surface area contributed by atoms with Crippen molar-refractivity contribution in [3.8, 4) is 0 Å². The minimum absolute atomic E-state index is 0.851. The van der Waals surface area contributed by atoms with Crippen LogP contribution in [0.3, 0.4) is 0 Å². The van der Waals surface area contributed by atoms with Crippen LogP contribution in [0, 0.1) is 7.05 Å². The van der Waals surface area contributed by atoms with Gasteiger partial charge in [-0.2, -0.15) is 0 Å². The molecule has 0 aromatic carbocycles. The average molecular weight is 86.1 g/mol. The molecule has 2 heteroatoms. The predicted molar refractivity (Wildman–Crippen MR) is 22.6 cm³/mol. The zero-order valence-electron chi connectivity index (χ0n) is 3.68. The topological polar surface area (TPSA) is 12.5 Å². The molecule has 0 unspecified atom stereocenters. The van der Waals surface area contributed by atoms with Crippen molar-refractivity contribution in [3.63, 3.8) is 0 Å². The minimum atomic E-state index is 0.851. The van der Waals surface area contributed by atoms with Crippen LogP contribution < -0.4 is 0 Å². The molecule has 36 valence electrons. The second-order valence-corrected chi connectivity index (χ2v) is 1.39. The summed E-state index contributed by atoms with van der Waals surface area (Å²) in [6, 6.07) is 0. The molecule has 0 aliphatic carbocycles. The van der Waals surface area contributed by atoms with Gasteiger partial charge < -0.3 is 9.90 Å². The third-order valence-electron chi connectivity index (χ3n) is 0.826. The molecule has 1 fully saturated rings. The van der Waals surface area contributed by atoms with Crippen LogP contribution in [-0.4, -0.2) is 18.2 Å².